The first-order chi connectivity index (χ1) is 14.9. The van der Waals surface area contributed by atoms with Crippen molar-refractivity contribution in [3.63, 3.8) is 0 Å². The van der Waals surface area contributed by atoms with Crippen LogP contribution in [-0.4, -0.2) is 61.3 Å². The van der Waals surface area contributed by atoms with Gasteiger partial charge in [-0.05, 0) is 69.3 Å². The molecule has 2 rings (SSSR count). The zero-order chi connectivity index (χ0) is 22.5. The second-order valence-electron chi connectivity index (χ2n) is 9.73. The first kappa shape index (κ1) is 25.4. The van der Waals surface area contributed by atoms with Crippen LogP contribution in [0.5, 0.6) is 5.75 Å². The Bertz CT molecular complexity index is 646. The topological polar surface area (TPSA) is 49.9 Å². The van der Waals surface area contributed by atoms with Crippen LogP contribution in [0.3, 0.4) is 0 Å². The van der Waals surface area contributed by atoms with Gasteiger partial charge in [-0.15, -0.1) is 0 Å². The number of benzene rings is 1. The smallest absolute Gasteiger partial charge is 0.228 e. The minimum absolute atomic E-state index is 0.0473. The van der Waals surface area contributed by atoms with Gasteiger partial charge in [0.25, 0.3) is 0 Å². The van der Waals surface area contributed by atoms with Crippen molar-refractivity contribution in [3.05, 3.63) is 29.8 Å². The van der Waals surface area contributed by atoms with Gasteiger partial charge in [0, 0.05) is 18.5 Å². The molecule has 1 aliphatic heterocycles. The maximum absolute atomic E-state index is 12.4. The molecule has 1 heterocycles. The Hall–Kier alpha value is -1.88. The van der Waals surface area contributed by atoms with Crippen LogP contribution in [0.1, 0.15) is 71.3 Å². The molecule has 0 unspecified atom stereocenters. The Morgan fingerprint density at radius 1 is 1.03 bits per heavy atom. The number of amides is 1. The lowest BCUT2D eigenvalue weighted by Crippen LogP contribution is -2.41. The number of aryl methyl sites for hydroxylation is 1. The minimum atomic E-state index is -0.444. The van der Waals surface area contributed by atoms with E-state index in [0.717, 1.165) is 57.3 Å². The van der Waals surface area contributed by atoms with Gasteiger partial charge in [-0.1, -0.05) is 45.7 Å². The third-order valence-corrected chi connectivity index (χ3v) is 5.88. The van der Waals surface area contributed by atoms with E-state index < -0.39 is 5.41 Å². The molecule has 1 aliphatic rings. The number of nitrogens with zero attached hydrogens (tertiary/aromatic N) is 2. The third-order valence-electron chi connectivity index (χ3n) is 5.88. The van der Waals surface area contributed by atoms with E-state index in [1.54, 1.807) is 4.90 Å². The Morgan fingerprint density at radius 2 is 1.74 bits per heavy atom. The summed E-state index contributed by atoms with van der Waals surface area (Å²) in [6, 6.07) is 8.46. The largest absolute Gasteiger partial charge is 0.494 e. The van der Waals surface area contributed by atoms with Crippen LogP contribution in [0.2, 0.25) is 0 Å². The van der Waals surface area contributed by atoms with E-state index in [1.807, 2.05) is 20.8 Å². The minimum Gasteiger partial charge on any atom is -0.494 e. The molecule has 0 aliphatic carbocycles. The van der Waals surface area contributed by atoms with Crippen LogP contribution in [-0.2, 0) is 16.0 Å². The number of aldehydes is 1. The van der Waals surface area contributed by atoms with Gasteiger partial charge in [0.2, 0.25) is 5.91 Å². The Balaban J connectivity index is 1.59. The average Bonchev–Trinajstić information content (AvgIpc) is 2.76. The lowest BCUT2D eigenvalue weighted by Gasteiger charge is -2.28. The maximum Gasteiger partial charge on any atom is 0.228 e. The van der Waals surface area contributed by atoms with Crippen molar-refractivity contribution in [2.24, 2.45) is 5.41 Å². The molecule has 174 valence electrons. The summed E-state index contributed by atoms with van der Waals surface area (Å²) in [6.45, 7) is 11.0. The van der Waals surface area contributed by atoms with Crippen LogP contribution in [0.25, 0.3) is 0 Å². The van der Waals surface area contributed by atoms with Crippen molar-refractivity contribution in [1.29, 1.82) is 0 Å². The summed E-state index contributed by atoms with van der Waals surface area (Å²) in [7, 11) is 0. The summed E-state index contributed by atoms with van der Waals surface area (Å²) in [5.41, 5.74) is 0.872. The summed E-state index contributed by atoms with van der Waals surface area (Å²) in [6.07, 6.45) is 10.0. The molecule has 0 N–H and O–H groups in total. The first-order valence-corrected chi connectivity index (χ1v) is 12.1. The second-order valence-corrected chi connectivity index (χ2v) is 9.73. The van der Waals surface area contributed by atoms with E-state index in [-0.39, 0.29) is 12.5 Å². The molecule has 0 saturated carbocycles. The van der Waals surface area contributed by atoms with E-state index in [4.69, 9.17) is 4.74 Å². The fourth-order valence-corrected chi connectivity index (χ4v) is 4.06. The highest BCUT2D eigenvalue weighted by Crippen LogP contribution is 2.18. The van der Waals surface area contributed by atoms with E-state index in [1.165, 1.54) is 37.9 Å². The van der Waals surface area contributed by atoms with Gasteiger partial charge in [-0.2, -0.15) is 0 Å². The highest BCUT2D eigenvalue weighted by Gasteiger charge is 2.26. The van der Waals surface area contributed by atoms with Crippen LogP contribution in [0.15, 0.2) is 24.3 Å². The summed E-state index contributed by atoms with van der Waals surface area (Å²) >= 11 is 0. The maximum atomic E-state index is 12.4. The number of hydrogen-bond acceptors (Lipinski definition) is 4. The van der Waals surface area contributed by atoms with E-state index in [0.29, 0.717) is 6.54 Å². The number of ether oxygens (including phenoxy) is 1. The number of carbonyl (C=O) groups is 2. The second kappa shape index (κ2) is 13.5. The van der Waals surface area contributed by atoms with E-state index >= 15 is 0 Å². The van der Waals surface area contributed by atoms with Crippen LogP contribution in [0, 0.1) is 5.41 Å². The predicted octanol–water partition coefficient (Wildman–Crippen LogP) is 4.73. The molecule has 1 aromatic rings. The van der Waals surface area contributed by atoms with Crippen LogP contribution in [0.4, 0.5) is 0 Å². The van der Waals surface area contributed by atoms with Crippen molar-refractivity contribution in [2.75, 3.05) is 39.3 Å². The molecule has 5 heteroatoms. The quantitative estimate of drug-likeness (QED) is 0.335. The molecule has 0 radical (unpaired) electrons. The van der Waals surface area contributed by atoms with Gasteiger partial charge in [-0.3, -0.25) is 4.79 Å². The third kappa shape index (κ3) is 9.86. The highest BCUT2D eigenvalue weighted by atomic mass is 16.5. The first-order valence-electron chi connectivity index (χ1n) is 12.1. The van der Waals surface area contributed by atoms with Gasteiger partial charge in [0.15, 0.2) is 0 Å². The Morgan fingerprint density at radius 3 is 2.39 bits per heavy atom. The number of piperidine rings is 1. The number of unbranched alkanes of at least 4 members (excludes halogenated alkanes) is 2. The van der Waals surface area contributed by atoms with Gasteiger partial charge < -0.3 is 19.3 Å². The monoisotopic (exact) mass is 430 g/mol. The standard InChI is InChI=1S/C26H42N2O3/c1-26(2,3)25(30)28(20-21-29)19-9-4-6-11-23-12-14-24(15-13-23)31-22-10-18-27-16-7-5-8-17-27/h12-15,21H,4-11,16-20,22H2,1-3H3. The molecule has 0 spiro atoms. The van der Waals surface area contributed by atoms with Crippen molar-refractivity contribution < 1.29 is 14.3 Å². The zero-order valence-corrected chi connectivity index (χ0v) is 19.9. The molecule has 0 aromatic heterocycles. The van der Waals surface area contributed by atoms with Crippen molar-refractivity contribution in [3.8, 4) is 5.75 Å². The molecule has 0 atom stereocenters. The number of carbonyl (C=O) groups excluding carboxylic acids is 2. The molecule has 31 heavy (non-hydrogen) atoms. The van der Waals surface area contributed by atoms with Gasteiger partial charge >= 0.3 is 0 Å². The summed E-state index contributed by atoms with van der Waals surface area (Å²) < 4.78 is 5.90. The summed E-state index contributed by atoms with van der Waals surface area (Å²) in [5, 5.41) is 0. The van der Waals surface area contributed by atoms with Crippen LogP contribution < -0.4 is 4.74 Å². The number of rotatable bonds is 13. The number of hydrogen-bond donors (Lipinski definition) is 0. The molecule has 1 saturated heterocycles. The summed E-state index contributed by atoms with van der Waals surface area (Å²) in [4.78, 5) is 27.5. The zero-order valence-electron chi connectivity index (χ0n) is 19.9. The fraction of sp³-hybridized carbons (Fsp3) is 0.692. The van der Waals surface area contributed by atoms with E-state index in [2.05, 4.69) is 29.2 Å². The van der Waals surface area contributed by atoms with Crippen molar-refractivity contribution in [2.45, 2.75) is 72.1 Å². The number of likely N-dealkylation sites (tertiary alicyclic amines) is 1. The summed E-state index contributed by atoms with van der Waals surface area (Å²) in [5.74, 6) is 0.999. The SMILES string of the molecule is CC(C)(C)C(=O)N(CC=O)CCCCCc1ccc(OCCCN2CCCCC2)cc1. The molecule has 5 nitrogen and oxygen atoms in total. The molecular weight excluding hydrogens is 388 g/mol. The molecule has 1 amide bonds. The highest BCUT2D eigenvalue weighted by molar-refractivity contribution is 5.83. The van der Waals surface area contributed by atoms with Gasteiger partial charge in [-0.25, -0.2) is 0 Å². The van der Waals surface area contributed by atoms with Crippen molar-refractivity contribution >= 4 is 12.2 Å². The fourth-order valence-electron chi connectivity index (χ4n) is 4.06. The predicted molar refractivity (Wildman–Crippen MR) is 126 cm³/mol. The van der Waals surface area contributed by atoms with Gasteiger partial charge in [0.05, 0.1) is 13.2 Å². The normalized spacial score (nSPS) is 14.9. The molecule has 1 fully saturated rings. The molecule has 0 bridgehead atoms. The Labute approximate surface area is 189 Å². The molecular formula is C26H42N2O3. The van der Waals surface area contributed by atoms with Gasteiger partial charge in [0.1, 0.15) is 12.0 Å². The molecule has 1 aromatic carbocycles. The van der Waals surface area contributed by atoms with E-state index in [9.17, 15) is 9.59 Å². The van der Waals surface area contributed by atoms with Crippen LogP contribution >= 0.6 is 0 Å². The lowest BCUT2D eigenvalue weighted by atomic mass is 9.94. The lowest BCUT2D eigenvalue weighted by molar-refractivity contribution is -0.140. The van der Waals surface area contributed by atoms with Crippen molar-refractivity contribution in [1.82, 2.24) is 9.80 Å². The average molecular weight is 431 g/mol. The Kier molecular flexibility index (Phi) is 11.1.